The van der Waals surface area contributed by atoms with Crippen molar-refractivity contribution >= 4 is 11.6 Å². The molecule has 1 unspecified atom stereocenters. The third kappa shape index (κ3) is 4.74. The number of methoxy groups -OCH3 is 1. The fraction of sp³-hybridized carbons (Fsp3) is 0.588. The minimum absolute atomic E-state index is 0.122. The zero-order chi connectivity index (χ0) is 16.0. The van der Waals surface area contributed by atoms with Crippen LogP contribution in [0.4, 0.5) is 5.69 Å². The molecule has 0 aromatic heterocycles. The Morgan fingerprint density at radius 3 is 2.52 bits per heavy atom. The van der Waals surface area contributed by atoms with E-state index in [-0.39, 0.29) is 12.0 Å². The molecule has 1 aromatic carbocycles. The van der Waals surface area contributed by atoms with Gasteiger partial charge >= 0.3 is 0 Å². The number of aryl methyl sites for hydroxylation is 1. The number of hydrogen-bond donors (Lipinski definition) is 1. The van der Waals surface area contributed by atoms with Gasteiger partial charge in [-0.1, -0.05) is 13.3 Å². The molecule has 0 aliphatic rings. The summed E-state index contributed by atoms with van der Waals surface area (Å²) in [5.74, 6) is 0.717. The van der Waals surface area contributed by atoms with Crippen LogP contribution < -0.4 is 10.1 Å². The molecule has 4 heteroatoms. The first kappa shape index (κ1) is 17.5. The van der Waals surface area contributed by atoms with Crippen LogP contribution in [-0.2, 0) is 9.53 Å². The lowest BCUT2D eigenvalue weighted by molar-refractivity contribution is -0.136. The van der Waals surface area contributed by atoms with Crippen LogP contribution in [0, 0.1) is 6.92 Å². The molecule has 1 atom stereocenters. The quantitative estimate of drug-likeness (QED) is 0.828. The van der Waals surface area contributed by atoms with Gasteiger partial charge in [-0.3, -0.25) is 4.79 Å². The molecule has 0 bridgehead atoms. The van der Waals surface area contributed by atoms with Gasteiger partial charge in [0.25, 0.3) is 5.91 Å². The van der Waals surface area contributed by atoms with Gasteiger partial charge in [0, 0.05) is 12.8 Å². The number of carbonyl (C=O) groups is 1. The summed E-state index contributed by atoms with van der Waals surface area (Å²) in [6, 6.07) is 5.65. The van der Waals surface area contributed by atoms with Gasteiger partial charge in [-0.15, -0.1) is 0 Å². The van der Waals surface area contributed by atoms with Crippen molar-refractivity contribution in [3.05, 3.63) is 23.8 Å². The molecule has 0 saturated heterocycles. The lowest BCUT2D eigenvalue weighted by Crippen LogP contribution is -2.41. The summed E-state index contributed by atoms with van der Waals surface area (Å²) < 4.78 is 11.1. The van der Waals surface area contributed by atoms with E-state index in [0.29, 0.717) is 6.42 Å². The maximum atomic E-state index is 12.4. The molecule has 4 nitrogen and oxygen atoms in total. The Labute approximate surface area is 127 Å². The van der Waals surface area contributed by atoms with Crippen molar-refractivity contribution in [2.24, 2.45) is 0 Å². The molecule has 118 valence electrons. The smallest absolute Gasteiger partial charge is 0.256 e. The molecular weight excluding hydrogens is 266 g/mol. The minimum Gasteiger partial charge on any atom is -0.491 e. The summed E-state index contributed by atoms with van der Waals surface area (Å²) >= 11 is 0. The van der Waals surface area contributed by atoms with E-state index in [4.69, 9.17) is 9.47 Å². The molecule has 0 spiro atoms. The van der Waals surface area contributed by atoms with Gasteiger partial charge in [-0.25, -0.2) is 0 Å². The van der Waals surface area contributed by atoms with Gasteiger partial charge in [-0.2, -0.15) is 0 Å². The van der Waals surface area contributed by atoms with E-state index >= 15 is 0 Å². The summed E-state index contributed by atoms with van der Waals surface area (Å²) in [5, 5.41) is 2.92. The van der Waals surface area contributed by atoms with E-state index in [2.05, 4.69) is 5.32 Å². The molecule has 0 fully saturated rings. The largest absolute Gasteiger partial charge is 0.491 e. The molecule has 1 amide bonds. The van der Waals surface area contributed by atoms with Crippen LogP contribution in [0.1, 0.15) is 46.1 Å². The summed E-state index contributed by atoms with van der Waals surface area (Å²) in [6.45, 7) is 9.80. The summed E-state index contributed by atoms with van der Waals surface area (Å²) in [5.41, 5.74) is 0.958. The van der Waals surface area contributed by atoms with E-state index in [9.17, 15) is 4.79 Å². The highest BCUT2D eigenvalue weighted by Crippen LogP contribution is 2.25. The molecule has 0 saturated carbocycles. The van der Waals surface area contributed by atoms with Crippen molar-refractivity contribution in [2.75, 3.05) is 12.4 Å². The van der Waals surface area contributed by atoms with Gasteiger partial charge in [0.05, 0.1) is 6.10 Å². The maximum Gasteiger partial charge on any atom is 0.256 e. The van der Waals surface area contributed by atoms with Gasteiger partial charge < -0.3 is 14.8 Å². The molecule has 1 rings (SSSR count). The summed E-state index contributed by atoms with van der Waals surface area (Å²) in [4.78, 5) is 12.4. The van der Waals surface area contributed by atoms with Crippen LogP contribution in [0.5, 0.6) is 5.75 Å². The second-order valence-electron chi connectivity index (χ2n) is 5.79. The Kier molecular flexibility index (Phi) is 6.21. The topological polar surface area (TPSA) is 47.6 Å². The van der Waals surface area contributed by atoms with Crippen molar-refractivity contribution < 1.29 is 14.3 Å². The van der Waals surface area contributed by atoms with Gasteiger partial charge in [0.2, 0.25) is 0 Å². The van der Waals surface area contributed by atoms with Crippen molar-refractivity contribution in [2.45, 2.75) is 59.2 Å². The molecule has 1 N–H and O–H groups in total. The lowest BCUT2D eigenvalue weighted by atomic mass is 9.99. The predicted molar refractivity (Wildman–Crippen MR) is 85.9 cm³/mol. The minimum atomic E-state index is -0.796. The number of anilines is 1. The average molecular weight is 293 g/mol. The Balaban J connectivity index is 2.84. The van der Waals surface area contributed by atoms with Crippen LogP contribution >= 0.6 is 0 Å². The maximum absolute atomic E-state index is 12.4. The molecule has 0 aliphatic heterocycles. The highest BCUT2D eigenvalue weighted by atomic mass is 16.5. The molecule has 0 heterocycles. The second kappa shape index (κ2) is 7.46. The lowest BCUT2D eigenvalue weighted by Gasteiger charge is -2.26. The van der Waals surface area contributed by atoms with Crippen LogP contribution in [0.2, 0.25) is 0 Å². The molecule has 0 aliphatic carbocycles. The van der Waals surface area contributed by atoms with E-state index < -0.39 is 5.60 Å². The Morgan fingerprint density at radius 1 is 1.38 bits per heavy atom. The SMILES string of the molecule is CCCC(C)(OC)C(=O)Nc1ccc(OC(C)C)c(C)c1. The number of amides is 1. The molecule has 21 heavy (non-hydrogen) atoms. The fourth-order valence-electron chi connectivity index (χ4n) is 2.16. The fourth-order valence-corrected chi connectivity index (χ4v) is 2.16. The van der Waals surface area contributed by atoms with Gasteiger partial charge in [0.15, 0.2) is 0 Å². The molecular formula is C17H27NO3. The first-order valence-corrected chi connectivity index (χ1v) is 7.46. The average Bonchev–Trinajstić information content (AvgIpc) is 2.41. The first-order chi connectivity index (χ1) is 9.82. The number of rotatable bonds is 7. The normalized spacial score (nSPS) is 13.9. The summed E-state index contributed by atoms with van der Waals surface area (Å²) in [7, 11) is 1.57. The third-order valence-electron chi connectivity index (χ3n) is 3.45. The van der Waals surface area contributed by atoms with Crippen molar-refractivity contribution in [3.63, 3.8) is 0 Å². The predicted octanol–water partition coefficient (Wildman–Crippen LogP) is 3.93. The van der Waals surface area contributed by atoms with Crippen LogP contribution in [0.25, 0.3) is 0 Å². The number of nitrogens with one attached hydrogen (secondary N) is 1. The zero-order valence-electron chi connectivity index (χ0n) is 13.9. The molecule has 0 radical (unpaired) electrons. The second-order valence-corrected chi connectivity index (χ2v) is 5.79. The third-order valence-corrected chi connectivity index (χ3v) is 3.45. The highest BCUT2D eigenvalue weighted by Gasteiger charge is 2.32. The Hall–Kier alpha value is -1.55. The van der Waals surface area contributed by atoms with E-state index in [1.54, 1.807) is 7.11 Å². The monoisotopic (exact) mass is 293 g/mol. The first-order valence-electron chi connectivity index (χ1n) is 7.46. The van der Waals surface area contributed by atoms with Gasteiger partial charge in [0.1, 0.15) is 11.4 Å². The zero-order valence-corrected chi connectivity index (χ0v) is 13.9. The van der Waals surface area contributed by atoms with Gasteiger partial charge in [-0.05, 0) is 57.9 Å². The summed E-state index contributed by atoms with van der Waals surface area (Å²) in [6.07, 6.45) is 1.70. The molecule has 1 aromatic rings. The van der Waals surface area contributed by atoms with Crippen molar-refractivity contribution in [1.82, 2.24) is 0 Å². The van der Waals surface area contributed by atoms with Crippen LogP contribution in [0.15, 0.2) is 18.2 Å². The van der Waals surface area contributed by atoms with E-state index in [0.717, 1.165) is 23.4 Å². The van der Waals surface area contributed by atoms with Crippen LogP contribution in [-0.4, -0.2) is 24.7 Å². The highest BCUT2D eigenvalue weighted by molar-refractivity contribution is 5.97. The number of ether oxygens (including phenoxy) is 2. The van der Waals surface area contributed by atoms with E-state index in [1.165, 1.54) is 0 Å². The van der Waals surface area contributed by atoms with Crippen LogP contribution in [0.3, 0.4) is 0 Å². The number of hydrogen-bond acceptors (Lipinski definition) is 3. The standard InChI is InChI=1S/C17H27NO3/c1-7-10-17(5,20-6)16(19)18-14-8-9-15(13(4)11-14)21-12(2)3/h8-9,11-12H,7,10H2,1-6H3,(H,18,19). The number of carbonyl (C=O) groups excluding carboxylic acids is 1. The van der Waals surface area contributed by atoms with Crippen molar-refractivity contribution in [3.8, 4) is 5.75 Å². The Morgan fingerprint density at radius 2 is 2.05 bits per heavy atom. The Bertz CT molecular complexity index is 485. The van der Waals surface area contributed by atoms with Crippen molar-refractivity contribution in [1.29, 1.82) is 0 Å². The van der Waals surface area contributed by atoms with E-state index in [1.807, 2.05) is 52.8 Å². The number of benzene rings is 1.